The van der Waals surface area contributed by atoms with Crippen molar-refractivity contribution >= 4 is 35.0 Å². The normalized spacial score (nSPS) is 30.1. The van der Waals surface area contributed by atoms with Gasteiger partial charge in [-0.2, -0.15) is 0 Å². The zero-order valence-electron chi connectivity index (χ0n) is 23.8. The van der Waals surface area contributed by atoms with E-state index in [2.05, 4.69) is 0 Å². The minimum atomic E-state index is -1.38. The number of carbonyl (C=O) groups excluding carboxylic acids is 3. The van der Waals surface area contributed by atoms with Crippen molar-refractivity contribution < 1.29 is 24.2 Å². The first-order chi connectivity index (χ1) is 20.3. The fourth-order valence-corrected chi connectivity index (χ4v) is 7.37. The summed E-state index contributed by atoms with van der Waals surface area (Å²) in [5, 5.41) is 11.0. The number of benzene rings is 2. The maximum absolute atomic E-state index is 14.6. The average molecular weight is 590 g/mol. The minimum Gasteiger partial charge on any atom is -0.394 e. The average Bonchev–Trinajstić information content (AvgIpc) is 3.32. The van der Waals surface area contributed by atoms with E-state index in [1.807, 2.05) is 74.5 Å². The molecule has 2 fully saturated rings. The smallest absolute Gasteiger partial charge is 0.253 e. The van der Waals surface area contributed by atoms with Gasteiger partial charge >= 0.3 is 0 Å². The van der Waals surface area contributed by atoms with E-state index in [9.17, 15) is 19.5 Å². The van der Waals surface area contributed by atoms with Crippen LogP contribution < -0.4 is 4.90 Å². The number of carbonyl (C=O) groups is 3. The van der Waals surface area contributed by atoms with E-state index in [0.29, 0.717) is 30.2 Å². The largest absolute Gasteiger partial charge is 0.394 e. The predicted octanol–water partition coefficient (Wildman–Crippen LogP) is 3.83. The molecule has 1 N–H and O–H groups in total. The number of halogens is 1. The predicted molar refractivity (Wildman–Crippen MR) is 159 cm³/mol. The van der Waals surface area contributed by atoms with Crippen LogP contribution in [-0.2, 0) is 25.7 Å². The van der Waals surface area contributed by atoms with Crippen molar-refractivity contribution in [3.8, 4) is 0 Å². The molecule has 2 aromatic rings. The maximum Gasteiger partial charge on any atom is 0.253 e. The molecule has 0 bridgehead atoms. The Kier molecular flexibility index (Phi) is 7.72. The number of hydrogen-bond acceptors (Lipinski definition) is 5. The zero-order valence-corrected chi connectivity index (χ0v) is 24.6. The molecule has 2 saturated heterocycles. The number of aliphatic hydroxyl groups excluding tert-OH is 1. The summed E-state index contributed by atoms with van der Waals surface area (Å²) in [5.41, 5.74) is 0.138. The molecule has 2 aromatic carbocycles. The second kappa shape index (κ2) is 11.3. The van der Waals surface area contributed by atoms with Crippen molar-refractivity contribution in [1.82, 2.24) is 9.80 Å². The quantitative estimate of drug-likeness (QED) is 0.496. The number of nitrogens with zero attached hydrogens (tertiary/aromatic N) is 3. The first-order valence-corrected chi connectivity index (χ1v) is 15.0. The molecular formula is C33H36ClN3O5. The molecule has 0 aliphatic carbocycles. The number of fused-ring (bicyclic) bond motifs is 2. The standard InChI is InChI=1S/C33H36ClN3O5/c1-3-21(2)25(20-38)37-29-32(41)36(24-14-8-7-13-23(24)34)18-10-16-33(29)28(31(37)40)27-26(42-33)15-9-17-35(30(27)39)19-22-11-5-4-6-12-22/h4-16,21,25-29,38H,3,17-20H2,1-2H3/t21-,25-,26-,27+,28-,29?,33-/m0/s1. The van der Waals surface area contributed by atoms with Crippen molar-refractivity contribution in [3.05, 3.63) is 89.5 Å². The molecule has 4 aliphatic rings. The lowest BCUT2D eigenvalue weighted by molar-refractivity contribution is -0.148. The fraction of sp³-hybridized carbons (Fsp3) is 0.424. The molecule has 0 radical (unpaired) electrons. The summed E-state index contributed by atoms with van der Waals surface area (Å²) in [6.07, 6.45) is 7.45. The van der Waals surface area contributed by atoms with Gasteiger partial charge in [0.15, 0.2) is 0 Å². The highest BCUT2D eigenvalue weighted by Crippen LogP contribution is 2.54. The van der Waals surface area contributed by atoms with E-state index in [4.69, 9.17) is 16.3 Å². The van der Waals surface area contributed by atoms with Crippen LogP contribution in [0.2, 0.25) is 5.02 Å². The van der Waals surface area contributed by atoms with Crippen LogP contribution in [-0.4, -0.2) is 76.1 Å². The van der Waals surface area contributed by atoms with E-state index in [0.717, 1.165) is 5.56 Å². The van der Waals surface area contributed by atoms with Crippen molar-refractivity contribution in [2.45, 2.75) is 50.6 Å². The molecule has 42 heavy (non-hydrogen) atoms. The Labute approximate surface area is 251 Å². The Morgan fingerprint density at radius 3 is 2.45 bits per heavy atom. The molecule has 220 valence electrons. The van der Waals surface area contributed by atoms with E-state index in [-0.39, 0.29) is 36.8 Å². The summed E-state index contributed by atoms with van der Waals surface area (Å²) in [5.74, 6) is -2.70. The lowest BCUT2D eigenvalue weighted by Gasteiger charge is -2.40. The number of amides is 3. The fourth-order valence-electron chi connectivity index (χ4n) is 7.13. The molecule has 4 aliphatic heterocycles. The molecule has 4 heterocycles. The van der Waals surface area contributed by atoms with E-state index in [1.54, 1.807) is 28.0 Å². The van der Waals surface area contributed by atoms with E-state index >= 15 is 0 Å². The monoisotopic (exact) mass is 589 g/mol. The number of anilines is 1. The van der Waals surface area contributed by atoms with Crippen molar-refractivity contribution in [1.29, 1.82) is 0 Å². The molecule has 6 rings (SSSR count). The van der Waals surface area contributed by atoms with Crippen LogP contribution in [0.4, 0.5) is 5.69 Å². The summed E-state index contributed by atoms with van der Waals surface area (Å²) < 4.78 is 6.76. The van der Waals surface area contributed by atoms with Crippen LogP contribution in [0, 0.1) is 17.8 Å². The highest BCUT2D eigenvalue weighted by Gasteiger charge is 2.72. The molecule has 3 amide bonds. The summed E-state index contributed by atoms with van der Waals surface area (Å²) in [6, 6.07) is 15.1. The van der Waals surface area contributed by atoms with E-state index in [1.165, 1.54) is 4.90 Å². The second-order valence-electron chi connectivity index (χ2n) is 11.7. The first kappa shape index (κ1) is 28.6. The Hall–Kier alpha value is -3.46. The van der Waals surface area contributed by atoms with Crippen LogP contribution in [0.3, 0.4) is 0 Å². The van der Waals surface area contributed by atoms with Gasteiger partial charge in [0.05, 0.1) is 41.3 Å². The number of aliphatic hydroxyl groups is 1. The Morgan fingerprint density at radius 2 is 1.74 bits per heavy atom. The SMILES string of the molecule is CC[C@H](C)[C@H](CO)N1C(=O)[C@@H]2[C@@H]3C(=O)N(Cc4ccccc4)CC=C[C@@H]3O[C@@]23C=CCN(c2ccccc2Cl)C(=O)C13. The third-order valence-electron chi connectivity index (χ3n) is 9.38. The lowest BCUT2D eigenvalue weighted by atomic mass is 9.77. The van der Waals surface area contributed by atoms with Crippen molar-refractivity contribution in [3.63, 3.8) is 0 Å². The number of para-hydroxylation sites is 1. The van der Waals surface area contributed by atoms with Gasteiger partial charge < -0.3 is 24.5 Å². The van der Waals surface area contributed by atoms with Crippen LogP contribution in [0.15, 0.2) is 78.9 Å². The highest BCUT2D eigenvalue weighted by atomic mass is 35.5. The zero-order chi connectivity index (χ0) is 29.6. The molecule has 1 spiro atoms. The van der Waals surface area contributed by atoms with Gasteiger partial charge in [-0.1, -0.05) is 98.6 Å². The van der Waals surface area contributed by atoms with Gasteiger partial charge in [-0.25, -0.2) is 0 Å². The van der Waals surface area contributed by atoms with Crippen LogP contribution in [0.5, 0.6) is 0 Å². The minimum absolute atomic E-state index is 0.0984. The molecule has 8 nitrogen and oxygen atoms in total. The van der Waals surface area contributed by atoms with Gasteiger partial charge in [0, 0.05) is 19.6 Å². The second-order valence-corrected chi connectivity index (χ2v) is 12.1. The van der Waals surface area contributed by atoms with Gasteiger partial charge in [0.25, 0.3) is 5.91 Å². The van der Waals surface area contributed by atoms with Crippen LogP contribution in [0.25, 0.3) is 0 Å². The Morgan fingerprint density at radius 1 is 1.00 bits per heavy atom. The van der Waals surface area contributed by atoms with Gasteiger partial charge in [-0.05, 0) is 23.6 Å². The number of likely N-dealkylation sites (tertiary alicyclic amines) is 1. The molecule has 1 unspecified atom stereocenters. The van der Waals surface area contributed by atoms with Gasteiger partial charge in [0.2, 0.25) is 11.8 Å². The summed E-state index contributed by atoms with van der Waals surface area (Å²) in [4.78, 5) is 48.4. The van der Waals surface area contributed by atoms with Gasteiger partial charge in [-0.15, -0.1) is 0 Å². The molecular weight excluding hydrogens is 554 g/mol. The van der Waals surface area contributed by atoms with Crippen LogP contribution in [0.1, 0.15) is 25.8 Å². The summed E-state index contributed by atoms with van der Waals surface area (Å²) in [6.45, 7) is 4.66. The number of rotatable bonds is 7. The molecule has 0 saturated carbocycles. The van der Waals surface area contributed by atoms with Crippen molar-refractivity contribution in [2.24, 2.45) is 17.8 Å². The first-order valence-electron chi connectivity index (χ1n) is 14.7. The number of ether oxygens (including phenoxy) is 1. The third kappa shape index (κ3) is 4.48. The Bertz CT molecular complexity index is 1430. The third-order valence-corrected chi connectivity index (χ3v) is 9.70. The van der Waals surface area contributed by atoms with Gasteiger partial charge in [0.1, 0.15) is 11.6 Å². The molecule has 9 heteroatoms. The van der Waals surface area contributed by atoms with Crippen molar-refractivity contribution in [2.75, 3.05) is 24.6 Å². The highest BCUT2D eigenvalue weighted by molar-refractivity contribution is 6.34. The molecule has 7 atom stereocenters. The van der Waals surface area contributed by atoms with Crippen LogP contribution >= 0.6 is 11.6 Å². The summed E-state index contributed by atoms with van der Waals surface area (Å²) in [7, 11) is 0. The Balaban J connectivity index is 1.45. The lowest BCUT2D eigenvalue weighted by Crippen LogP contribution is -2.59. The van der Waals surface area contributed by atoms with E-state index < -0.39 is 35.6 Å². The van der Waals surface area contributed by atoms with Gasteiger partial charge in [-0.3, -0.25) is 14.4 Å². The molecule has 0 aromatic heterocycles. The maximum atomic E-state index is 14.6. The number of hydrogen-bond donors (Lipinski definition) is 1. The summed E-state index contributed by atoms with van der Waals surface area (Å²) >= 11 is 6.55. The topological polar surface area (TPSA) is 90.4 Å².